The van der Waals surface area contributed by atoms with Crippen LogP contribution < -0.4 is 0 Å². The highest BCUT2D eigenvalue weighted by Crippen LogP contribution is 2.30. The van der Waals surface area contributed by atoms with Gasteiger partial charge in [-0.1, -0.05) is 24.3 Å². The van der Waals surface area contributed by atoms with Crippen molar-refractivity contribution in [1.29, 1.82) is 0 Å². The van der Waals surface area contributed by atoms with Crippen LogP contribution in [0.2, 0.25) is 0 Å². The molecule has 0 aliphatic carbocycles. The molecule has 27 heavy (non-hydrogen) atoms. The summed E-state index contributed by atoms with van der Waals surface area (Å²) in [5, 5.41) is 9.22. The first-order chi connectivity index (χ1) is 13.1. The van der Waals surface area contributed by atoms with E-state index >= 15 is 0 Å². The molecule has 140 valence electrons. The lowest BCUT2D eigenvalue weighted by atomic mass is 9.94. The molecule has 5 heteroatoms. The van der Waals surface area contributed by atoms with Gasteiger partial charge in [-0.25, -0.2) is 9.78 Å². The van der Waals surface area contributed by atoms with Crippen LogP contribution in [0.5, 0.6) is 0 Å². The third kappa shape index (κ3) is 3.35. The molecule has 0 amide bonds. The van der Waals surface area contributed by atoms with Gasteiger partial charge in [-0.3, -0.25) is 4.90 Å². The van der Waals surface area contributed by atoms with Gasteiger partial charge >= 0.3 is 5.97 Å². The molecule has 2 heterocycles. The lowest BCUT2D eigenvalue weighted by molar-refractivity contribution is 0.0697. The number of nitrogens with zero attached hydrogens (tertiary/aromatic N) is 3. The lowest BCUT2D eigenvalue weighted by Gasteiger charge is -2.17. The van der Waals surface area contributed by atoms with Crippen LogP contribution in [0, 0.1) is 6.92 Å². The number of aromatic nitrogens is 2. The van der Waals surface area contributed by atoms with Gasteiger partial charge in [-0.15, -0.1) is 0 Å². The Kier molecular flexibility index (Phi) is 4.70. The molecule has 1 unspecified atom stereocenters. The molecule has 1 aliphatic rings. The van der Waals surface area contributed by atoms with E-state index in [2.05, 4.69) is 47.6 Å². The van der Waals surface area contributed by atoms with Crippen molar-refractivity contribution in [2.45, 2.75) is 39.3 Å². The monoisotopic (exact) mass is 363 g/mol. The predicted molar refractivity (Wildman–Crippen MR) is 106 cm³/mol. The second-order valence-corrected chi connectivity index (χ2v) is 7.36. The van der Waals surface area contributed by atoms with E-state index in [1.54, 1.807) is 12.1 Å². The average molecular weight is 363 g/mol. The molecule has 2 aromatic carbocycles. The number of hydrogen-bond donors (Lipinski definition) is 1. The van der Waals surface area contributed by atoms with Gasteiger partial charge in [-0.05, 0) is 62.1 Å². The largest absolute Gasteiger partial charge is 0.478 e. The Balaban J connectivity index is 1.57. The maximum atomic E-state index is 11.2. The third-order valence-electron chi connectivity index (χ3n) is 5.66. The van der Waals surface area contributed by atoms with Crippen LogP contribution in [0.4, 0.5) is 0 Å². The number of carboxylic acids is 1. The van der Waals surface area contributed by atoms with Crippen molar-refractivity contribution >= 4 is 17.0 Å². The number of hydrogen-bond acceptors (Lipinski definition) is 3. The summed E-state index contributed by atoms with van der Waals surface area (Å²) < 4.78 is 2.20. The highest BCUT2D eigenvalue weighted by atomic mass is 16.4. The first kappa shape index (κ1) is 17.7. The van der Waals surface area contributed by atoms with E-state index in [9.17, 15) is 9.90 Å². The van der Waals surface area contributed by atoms with E-state index in [0.29, 0.717) is 5.92 Å². The molecular weight excluding hydrogens is 338 g/mol. The third-order valence-corrected chi connectivity index (χ3v) is 5.66. The summed E-state index contributed by atoms with van der Waals surface area (Å²) in [7, 11) is 0. The molecule has 1 N–H and O–H groups in total. The second kappa shape index (κ2) is 7.16. The van der Waals surface area contributed by atoms with Crippen molar-refractivity contribution in [2.75, 3.05) is 13.1 Å². The smallest absolute Gasteiger partial charge is 0.335 e. The quantitative estimate of drug-likeness (QED) is 0.743. The van der Waals surface area contributed by atoms with E-state index in [0.717, 1.165) is 43.0 Å². The molecule has 1 aromatic heterocycles. The topological polar surface area (TPSA) is 58.4 Å². The minimum atomic E-state index is -0.912. The molecule has 4 rings (SSSR count). The SMILES string of the molecule is CCn1c(CN2CCC(c3ccccc3C)C2)nc2cc(C(=O)O)ccc21. The van der Waals surface area contributed by atoms with E-state index < -0.39 is 5.97 Å². The Bertz CT molecular complexity index is 992. The zero-order valence-electron chi connectivity index (χ0n) is 15.9. The minimum absolute atomic E-state index is 0.288. The molecule has 1 fully saturated rings. The zero-order chi connectivity index (χ0) is 19.0. The molecular formula is C22H25N3O2. The number of imidazole rings is 1. The molecule has 0 spiro atoms. The summed E-state index contributed by atoms with van der Waals surface area (Å²) in [4.78, 5) is 18.5. The number of aromatic carboxylic acids is 1. The number of aryl methyl sites for hydroxylation is 2. The normalized spacial score (nSPS) is 17.6. The number of likely N-dealkylation sites (tertiary alicyclic amines) is 1. The van der Waals surface area contributed by atoms with Gasteiger partial charge in [0.2, 0.25) is 0 Å². The standard InChI is InChI=1S/C22H25N3O2/c1-3-25-20-9-8-16(22(26)27)12-19(20)23-21(25)14-24-11-10-17(13-24)18-7-5-4-6-15(18)2/h4-9,12,17H,3,10-11,13-14H2,1-2H3,(H,26,27). The van der Waals surface area contributed by atoms with Gasteiger partial charge in [-0.2, -0.15) is 0 Å². The van der Waals surface area contributed by atoms with Crippen molar-refractivity contribution in [1.82, 2.24) is 14.5 Å². The van der Waals surface area contributed by atoms with Gasteiger partial charge in [0.05, 0.1) is 23.1 Å². The maximum Gasteiger partial charge on any atom is 0.335 e. The fourth-order valence-corrected chi connectivity index (χ4v) is 4.26. The van der Waals surface area contributed by atoms with E-state index in [-0.39, 0.29) is 5.56 Å². The Hall–Kier alpha value is -2.66. The number of fused-ring (bicyclic) bond motifs is 1. The van der Waals surface area contributed by atoms with Crippen molar-refractivity contribution < 1.29 is 9.90 Å². The molecule has 0 radical (unpaired) electrons. The first-order valence-electron chi connectivity index (χ1n) is 9.57. The summed E-state index contributed by atoms with van der Waals surface area (Å²) in [6.07, 6.45) is 1.17. The summed E-state index contributed by atoms with van der Waals surface area (Å²) >= 11 is 0. The Labute approximate surface area is 159 Å². The maximum absolute atomic E-state index is 11.2. The van der Waals surface area contributed by atoms with Gasteiger partial charge in [0.1, 0.15) is 5.82 Å². The minimum Gasteiger partial charge on any atom is -0.478 e. The molecule has 0 bridgehead atoms. The Morgan fingerprint density at radius 1 is 1.26 bits per heavy atom. The van der Waals surface area contributed by atoms with Gasteiger partial charge in [0, 0.05) is 13.1 Å². The van der Waals surface area contributed by atoms with Crippen LogP contribution in [-0.4, -0.2) is 38.6 Å². The molecule has 1 saturated heterocycles. The van der Waals surface area contributed by atoms with Gasteiger partial charge < -0.3 is 9.67 Å². The highest BCUT2D eigenvalue weighted by molar-refractivity contribution is 5.92. The van der Waals surface area contributed by atoms with E-state index in [1.807, 2.05) is 6.07 Å². The predicted octanol–water partition coefficient (Wildman–Crippen LogP) is 4.05. The number of benzene rings is 2. The summed E-state index contributed by atoms with van der Waals surface area (Å²) in [6, 6.07) is 13.9. The van der Waals surface area contributed by atoms with Crippen LogP contribution in [0.15, 0.2) is 42.5 Å². The van der Waals surface area contributed by atoms with Crippen molar-refractivity contribution in [2.24, 2.45) is 0 Å². The van der Waals surface area contributed by atoms with Crippen molar-refractivity contribution in [3.8, 4) is 0 Å². The van der Waals surface area contributed by atoms with E-state index in [4.69, 9.17) is 4.98 Å². The highest BCUT2D eigenvalue weighted by Gasteiger charge is 2.26. The Morgan fingerprint density at radius 2 is 2.07 bits per heavy atom. The molecule has 3 aromatic rings. The molecule has 0 saturated carbocycles. The summed E-state index contributed by atoms with van der Waals surface area (Å²) in [6.45, 7) is 8.02. The summed E-state index contributed by atoms with van der Waals surface area (Å²) in [5.74, 6) is 0.676. The first-order valence-corrected chi connectivity index (χ1v) is 9.57. The van der Waals surface area contributed by atoms with Crippen LogP contribution in [0.1, 0.15) is 46.6 Å². The summed E-state index contributed by atoms with van der Waals surface area (Å²) in [5.41, 5.74) is 4.88. The van der Waals surface area contributed by atoms with Crippen LogP contribution in [-0.2, 0) is 13.1 Å². The van der Waals surface area contributed by atoms with Crippen molar-refractivity contribution in [3.05, 3.63) is 65.0 Å². The van der Waals surface area contributed by atoms with Crippen molar-refractivity contribution in [3.63, 3.8) is 0 Å². The van der Waals surface area contributed by atoms with Crippen LogP contribution in [0.3, 0.4) is 0 Å². The fourth-order valence-electron chi connectivity index (χ4n) is 4.26. The zero-order valence-corrected chi connectivity index (χ0v) is 15.9. The van der Waals surface area contributed by atoms with Crippen LogP contribution in [0.25, 0.3) is 11.0 Å². The average Bonchev–Trinajstić information content (AvgIpc) is 3.25. The van der Waals surface area contributed by atoms with Crippen LogP contribution >= 0.6 is 0 Å². The van der Waals surface area contributed by atoms with E-state index in [1.165, 1.54) is 17.5 Å². The molecule has 5 nitrogen and oxygen atoms in total. The fraction of sp³-hybridized carbons (Fsp3) is 0.364. The van der Waals surface area contributed by atoms with Gasteiger partial charge in [0.15, 0.2) is 0 Å². The number of carboxylic acid groups (broad SMARTS) is 1. The number of rotatable bonds is 5. The molecule has 1 atom stereocenters. The van der Waals surface area contributed by atoms with Gasteiger partial charge in [0.25, 0.3) is 0 Å². The number of carbonyl (C=O) groups is 1. The second-order valence-electron chi connectivity index (χ2n) is 7.36. The lowest BCUT2D eigenvalue weighted by Crippen LogP contribution is -2.22. The molecule has 1 aliphatic heterocycles. The Morgan fingerprint density at radius 3 is 2.81 bits per heavy atom.